The van der Waals surface area contributed by atoms with Crippen molar-refractivity contribution < 1.29 is 0 Å². The Kier molecular flexibility index (Phi) is 5.81. The Labute approximate surface area is 126 Å². The summed E-state index contributed by atoms with van der Waals surface area (Å²) in [5.74, 6) is 1.15. The molecule has 0 unspecified atom stereocenters. The SMILES string of the molecule is CC(C)C(Nc1c(Br)cc(Cl)cc1Br)C(C)C. The quantitative estimate of drug-likeness (QED) is 0.677. The van der Waals surface area contributed by atoms with Crippen LogP contribution in [-0.2, 0) is 0 Å². The van der Waals surface area contributed by atoms with E-state index in [2.05, 4.69) is 64.9 Å². The standard InChI is InChI=1S/C13H18Br2ClN/c1-7(2)12(8(3)4)17-13-10(14)5-9(16)6-11(13)15/h5-8,12,17H,1-4H3. The molecule has 0 atom stereocenters. The first kappa shape index (κ1) is 15.3. The minimum absolute atomic E-state index is 0.434. The average molecular weight is 384 g/mol. The lowest BCUT2D eigenvalue weighted by atomic mass is 9.93. The van der Waals surface area contributed by atoms with Gasteiger partial charge >= 0.3 is 0 Å². The lowest BCUT2D eigenvalue weighted by Gasteiger charge is -2.28. The summed E-state index contributed by atoms with van der Waals surface area (Å²) in [6.07, 6.45) is 0. The minimum atomic E-state index is 0.434. The van der Waals surface area contributed by atoms with Gasteiger partial charge in [-0.3, -0.25) is 0 Å². The summed E-state index contributed by atoms with van der Waals surface area (Å²) in [5.41, 5.74) is 1.07. The number of hydrogen-bond acceptors (Lipinski definition) is 1. The molecule has 1 N–H and O–H groups in total. The largest absolute Gasteiger partial charge is 0.380 e. The summed E-state index contributed by atoms with van der Waals surface area (Å²) in [4.78, 5) is 0. The van der Waals surface area contributed by atoms with Crippen molar-refractivity contribution in [2.75, 3.05) is 5.32 Å². The molecule has 1 aromatic carbocycles. The number of benzene rings is 1. The molecular weight excluding hydrogens is 365 g/mol. The number of nitrogens with one attached hydrogen (secondary N) is 1. The molecule has 0 aliphatic rings. The van der Waals surface area contributed by atoms with Crippen LogP contribution in [0, 0.1) is 11.8 Å². The molecule has 0 aliphatic heterocycles. The Morgan fingerprint density at radius 1 is 1.00 bits per heavy atom. The Balaban J connectivity index is 3.01. The van der Waals surface area contributed by atoms with Crippen molar-refractivity contribution >= 4 is 49.1 Å². The molecule has 0 bridgehead atoms. The van der Waals surface area contributed by atoms with Crippen LogP contribution in [0.1, 0.15) is 27.7 Å². The summed E-state index contributed by atoms with van der Waals surface area (Å²) >= 11 is 13.1. The maximum Gasteiger partial charge on any atom is 0.0632 e. The summed E-state index contributed by atoms with van der Waals surface area (Å²) < 4.78 is 1.98. The number of rotatable bonds is 4. The highest BCUT2D eigenvalue weighted by atomic mass is 79.9. The molecule has 1 aromatic rings. The number of hydrogen-bond donors (Lipinski definition) is 1. The maximum atomic E-state index is 6.00. The predicted octanol–water partition coefficient (Wildman–Crippen LogP) is 5.96. The molecule has 0 heterocycles. The van der Waals surface area contributed by atoms with E-state index in [0.29, 0.717) is 17.9 Å². The van der Waals surface area contributed by atoms with Gasteiger partial charge in [0.15, 0.2) is 0 Å². The lowest BCUT2D eigenvalue weighted by Crippen LogP contribution is -2.31. The van der Waals surface area contributed by atoms with Gasteiger partial charge < -0.3 is 5.32 Å². The van der Waals surface area contributed by atoms with Gasteiger partial charge in [0.25, 0.3) is 0 Å². The van der Waals surface area contributed by atoms with Gasteiger partial charge in [0, 0.05) is 20.0 Å². The van der Waals surface area contributed by atoms with Crippen LogP contribution in [0.25, 0.3) is 0 Å². The molecule has 1 nitrogen and oxygen atoms in total. The molecule has 0 radical (unpaired) electrons. The zero-order valence-corrected chi connectivity index (χ0v) is 14.4. The third kappa shape index (κ3) is 4.15. The van der Waals surface area contributed by atoms with Crippen LogP contribution in [0.2, 0.25) is 5.02 Å². The smallest absolute Gasteiger partial charge is 0.0632 e. The fraction of sp³-hybridized carbons (Fsp3) is 0.538. The van der Waals surface area contributed by atoms with Gasteiger partial charge in [-0.15, -0.1) is 0 Å². The van der Waals surface area contributed by atoms with Gasteiger partial charge in [0.1, 0.15) is 0 Å². The minimum Gasteiger partial charge on any atom is -0.380 e. The summed E-state index contributed by atoms with van der Waals surface area (Å²) in [5, 5.41) is 4.31. The summed E-state index contributed by atoms with van der Waals surface area (Å²) in [6, 6.07) is 4.25. The van der Waals surface area contributed by atoms with Crippen molar-refractivity contribution in [2.45, 2.75) is 33.7 Å². The van der Waals surface area contributed by atoms with Crippen LogP contribution < -0.4 is 5.32 Å². The molecule has 1 rings (SSSR count). The second kappa shape index (κ2) is 6.44. The van der Waals surface area contributed by atoms with E-state index < -0.39 is 0 Å². The molecule has 0 saturated carbocycles. The molecule has 0 fully saturated rings. The molecule has 96 valence electrons. The molecule has 4 heteroatoms. The zero-order valence-electron chi connectivity index (χ0n) is 10.5. The lowest BCUT2D eigenvalue weighted by molar-refractivity contribution is 0.413. The van der Waals surface area contributed by atoms with Crippen LogP contribution in [0.5, 0.6) is 0 Å². The molecule has 17 heavy (non-hydrogen) atoms. The van der Waals surface area contributed by atoms with Crippen molar-refractivity contribution in [3.05, 3.63) is 26.1 Å². The van der Waals surface area contributed by atoms with Gasteiger partial charge in [0.2, 0.25) is 0 Å². The molecular formula is C13H18Br2ClN. The van der Waals surface area contributed by atoms with E-state index in [1.807, 2.05) is 12.1 Å². The van der Waals surface area contributed by atoms with Gasteiger partial charge in [-0.2, -0.15) is 0 Å². The van der Waals surface area contributed by atoms with E-state index in [-0.39, 0.29) is 0 Å². The van der Waals surface area contributed by atoms with E-state index in [4.69, 9.17) is 11.6 Å². The van der Waals surface area contributed by atoms with Gasteiger partial charge in [-0.1, -0.05) is 39.3 Å². The van der Waals surface area contributed by atoms with E-state index in [0.717, 1.165) is 19.7 Å². The first-order valence-corrected chi connectivity index (χ1v) is 7.70. The monoisotopic (exact) mass is 381 g/mol. The summed E-state index contributed by atoms with van der Waals surface area (Å²) in [6.45, 7) is 8.93. The second-order valence-corrected chi connectivity index (χ2v) is 7.05. The fourth-order valence-electron chi connectivity index (χ4n) is 1.95. The molecule has 0 saturated heterocycles. The molecule has 0 spiro atoms. The highest BCUT2D eigenvalue weighted by Crippen LogP contribution is 2.35. The Bertz CT molecular complexity index is 360. The third-order valence-electron chi connectivity index (χ3n) is 2.75. The third-order valence-corrected chi connectivity index (χ3v) is 4.22. The highest BCUT2D eigenvalue weighted by Gasteiger charge is 2.19. The van der Waals surface area contributed by atoms with Crippen LogP contribution in [0.4, 0.5) is 5.69 Å². The van der Waals surface area contributed by atoms with Gasteiger partial charge in [-0.25, -0.2) is 0 Å². The molecule has 0 aromatic heterocycles. The van der Waals surface area contributed by atoms with Crippen LogP contribution in [0.15, 0.2) is 21.1 Å². The van der Waals surface area contributed by atoms with Crippen molar-refractivity contribution in [2.24, 2.45) is 11.8 Å². The summed E-state index contributed by atoms with van der Waals surface area (Å²) in [7, 11) is 0. The normalized spacial score (nSPS) is 11.6. The highest BCUT2D eigenvalue weighted by molar-refractivity contribution is 9.11. The van der Waals surface area contributed by atoms with Gasteiger partial charge in [-0.05, 0) is 55.8 Å². The Morgan fingerprint density at radius 2 is 1.41 bits per heavy atom. The first-order valence-electron chi connectivity index (χ1n) is 5.74. The van der Waals surface area contributed by atoms with Crippen molar-refractivity contribution in [3.63, 3.8) is 0 Å². The van der Waals surface area contributed by atoms with Crippen LogP contribution >= 0.6 is 43.5 Å². The molecule has 0 aliphatic carbocycles. The van der Waals surface area contributed by atoms with Crippen LogP contribution in [0.3, 0.4) is 0 Å². The Morgan fingerprint density at radius 3 is 1.76 bits per heavy atom. The van der Waals surface area contributed by atoms with Crippen molar-refractivity contribution in [3.8, 4) is 0 Å². The maximum absolute atomic E-state index is 6.00. The molecule has 0 amide bonds. The first-order chi connectivity index (χ1) is 7.82. The zero-order chi connectivity index (χ0) is 13.2. The van der Waals surface area contributed by atoms with E-state index in [1.54, 1.807) is 0 Å². The van der Waals surface area contributed by atoms with Crippen molar-refractivity contribution in [1.82, 2.24) is 0 Å². The Hall–Kier alpha value is 0.270. The van der Waals surface area contributed by atoms with Gasteiger partial charge in [0.05, 0.1) is 5.69 Å². The van der Waals surface area contributed by atoms with E-state index in [1.165, 1.54) is 0 Å². The second-order valence-electron chi connectivity index (χ2n) is 4.90. The van der Waals surface area contributed by atoms with Crippen molar-refractivity contribution in [1.29, 1.82) is 0 Å². The van der Waals surface area contributed by atoms with Crippen LogP contribution in [-0.4, -0.2) is 6.04 Å². The fourth-order valence-corrected chi connectivity index (χ4v) is 3.85. The van der Waals surface area contributed by atoms with E-state index in [9.17, 15) is 0 Å². The van der Waals surface area contributed by atoms with E-state index >= 15 is 0 Å². The predicted molar refractivity (Wildman–Crippen MR) is 83.9 cm³/mol. The topological polar surface area (TPSA) is 12.0 Å². The number of halogens is 3. The average Bonchev–Trinajstić information content (AvgIpc) is 2.14. The number of anilines is 1.